The first-order valence-corrected chi connectivity index (χ1v) is 10.8. The zero-order valence-corrected chi connectivity index (χ0v) is 18.3. The maximum absolute atomic E-state index is 12.5. The van der Waals surface area contributed by atoms with Crippen molar-refractivity contribution in [2.24, 2.45) is 11.7 Å². The van der Waals surface area contributed by atoms with Crippen molar-refractivity contribution in [1.82, 2.24) is 4.98 Å². The fourth-order valence-electron chi connectivity index (χ4n) is 5.69. The van der Waals surface area contributed by atoms with E-state index in [1.165, 1.54) is 13.2 Å². The average Bonchev–Trinajstić information content (AvgIpc) is 3.26. The van der Waals surface area contributed by atoms with E-state index in [1.54, 1.807) is 24.3 Å². The Kier molecular flexibility index (Phi) is 5.03. The molecule has 0 spiro atoms. The Balaban J connectivity index is 1.88. The number of hydrogen-bond acceptors (Lipinski definition) is 8. The van der Waals surface area contributed by atoms with Crippen molar-refractivity contribution in [2.75, 3.05) is 13.7 Å². The van der Waals surface area contributed by atoms with E-state index in [9.17, 15) is 20.7 Å². The number of hydrogen-bond donors (Lipinski definition) is 3. The van der Waals surface area contributed by atoms with Crippen LogP contribution in [0.5, 0.6) is 11.6 Å². The molecule has 1 aliphatic heterocycles. The van der Waals surface area contributed by atoms with Gasteiger partial charge in [0.05, 0.1) is 30.4 Å². The Hall–Kier alpha value is -3.95. The molecule has 2 aromatic carbocycles. The third-order valence-electron chi connectivity index (χ3n) is 7.05. The topological polar surface area (TPSA) is 145 Å². The number of nitrogens with zero attached hydrogens (tertiary/aromatic N) is 3. The molecule has 0 amide bonds. The molecule has 170 valence electrons. The van der Waals surface area contributed by atoms with Crippen LogP contribution in [0.2, 0.25) is 0 Å². The molecule has 34 heavy (non-hydrogen) atoms. The molecule has 2 aliphatic rings. The molecule has 0 bridgehead atoms. The first kappa shape index (κ1) is 21.9. The summed E-state index contributed by atoms with van der Waals surface area (Å²) in [4.78, 5) is 4.21. The lowest BCUT2D eigenvalue weighted by Crippen LogP contribution is -2.52. The molecule has 5 atom stereocenters. The van der Waals surface area contributed by atoms with Crippen LogP contribution in [0.4, 0.5) is 0 Å². The minimum absolute atomic E-state index is 0.00407. The summed E-state index contributed by atoms with van der Waals surface area (Å²) in [6, 6.07) is 21.6. The maximum Gasteiger partial charge on any atom is 0.224 e. The van der Waals surface area contributed by atoms with E-state index < -0.39 is 29.1 Å². The van der Waals surface area contributed by atoms with Crippen LogP contribution in [0.1, 0.15) is 33.9 Å². The molecule has 2 heterocycles. The summed E-state index contributed by atoms with van der Waals surface area (Å²) >= 11 is 0. The Bertz CT molecular complexity index is 1330. The van der Waals surface area contributed by atoms with Gasteiger partial charge in [-0.05, 0) is 29.8 Å². The number of rotatable bonds is 4. The number of nitrogens with two attached hydrogens (primary N) is 1. The minimum Gasteiger partial charge on any atom is -0.481 e. The monoisotopic (exact) mass is 454 g/mol. The number of ether oxygens (including phenoxy) is 2. The fourth-order valence-corrected chi connectivity index (χ4v) is 5.69. The largest absolute Gasteiger partial charge is 0.481 e. The van der Waals surface area contributed by atoms with Gasteiger partial charge in [0.25, 0.3) is 0 Å². The Morgan fingerprint density at radius 3 is 2.41 bits per heavy atom. The quantitative estimate of drug-likeness (QED) is 0.543. The SMILES string of the molecule is COc1nc(C#N)cc2c1C1(O)C(O)C(CN)C(c3ccccc3)C1(c1ccc(C#N)cc1)O2. The Labute approximate surface area is 196 Å². The van der Waals surface area contributed by atoms with Crippen molar-refractivity contribution in [1.29, 1.82) is 10.5 Å². The van der Waals surface area contributed by atoms with Gasteiger partial charge in [0.15, 0.2) is 11.2 Å². The average molecular weight is 454 g/mol. The van der Waals surface area contributed by atoms with Crippen molar-refractivity contribution >= 4 is 0 Å². The van der Waals surface area contributed by atoms with Gasteiger partial charge in [0, 0.05) is 17.9 Å². The molecule has 5 unspecified atom stereocenters. The maximum atomic E-state index is 12.5. The molecular weight excluding hydrogens is 432 g/mol. The molecule has 1 fully saturated rings. The van der Waals surface area contributed by atoms with Crippen LogP contribution in [0, 0.1) is 28.6 Å². The highest BCUT2D eigenvalue weighted by atomic mass is 16.5. The molecule has 0 radical (unpaired) electrons. The van der Waals surface area contributed by atoms with Crippen LogP contribution < -0.4 is 15.2 Å². The van der Waals surface area contributed by atoms with Crippen LogP contribution in [0.15, 0.2) is 60.7 Å². The van der Waals surface area contributed by atoms with Gasteiger partial charge in [-0.15, -0.1) is 0 Å². The van der Waals surface area contributed by atoms with E-state index in [0.29, 0.717) is 11.1 Å². The number of aliphatic hydroxyl groups is 2. The molecule has 8 nitrogen and oxygen atoms in total. The molecule has 1 aliphatic carbocycles. The Morgan fingerprint density at radius 2 is 1.82 bits per heavy atom. The summed E-state index contributed by atoms with van der Waals surface area (Å²) in [5, 5.41) is 42.9. The van der Waals surface area contributed by atoms with Crippen LogP contribution >= 0.6 is 0 Å². The number of pyridine rings is 1. The van der Waals surface area contributed by atoms with E-state index in [-0.39, 0.29) is 29.4 Å². The van der Waals surface area contributed by atoms with Gasteiger partial charge in [0.1, 0.15) is 17.5 Å². The third-order valence-corrected chi connectivity index (χ3v) is 7.05. The van der Waals surface area contributed by atoms with Crippen molar-refractivity contribution in [2.45, 2.75) is 23.2 Å². The predicted molar refractivity (Wildman–Crippen MR) is 121 cm³/mol. The molecular formula is C26H22N4O4. The second-order valence-electron chi connectivity index (χ2n) is 8.53. The molecule has 1 aromatic heterocycles. The van der Waals surface area contributed by atoms with E-state index in [1.807, 2.05) is 36.4 Å². The molecule has 1 saturated carbocycles. The van der Waals surface area contributed by atoms with Crippen molar-refractivity contribution < 1.29 is 19.7 Å². The summed E-state index contributed by atoms with van der Waals surface area (Å²) in [5.41, 5.74) is 4.66. The third kappa shape index (κ3) is 2.65. The van der Waals surface area contributed by atoms with Gasteiger partial charge in [-0.25, -0.2) is 4.98 Å². The predicted octanol–water partition coefficient (Wildman–Crippen LogP) is 2.04. The highest BCUT2D eigenvalue weighted by Gasteiger charge is 2.76. The second kappa shape index (κ2) is 7.82. The van der Waals surface area contributed by atoms with Gasteiger partial charge >= 0.3 is 0 Å². The summed E-state index contributed by atoms with van der Waals surface area (Å²) in [7, 11) is 1.38. The van der Waals surface area contributed by atoms with Crippen molar-refractivity contribution in [3.8, 4) is 23.8 Å². The smallest absolute Gasteiger partial charge is 0.224 e. The lowest BCUT2D eigenvalue weighted by atomic mass is 9.70. The Morgan fingerprint density at radius 1 is 1.12 bits per heavy atom. The lowest BCUT2D eigenvalue weighted by molar-refractivity contribution is -0.152. The van der Waals surface area contributed by atoms with Crippen LogP contribution in [0.25, 0.3) is 0 Å². The summed E-state index contributed by atoms with van der Waals surface area (Å²) in [6.07, 6.45) is -1.34. The van der Waals surface area contributed by atoms with Crippen LogP contribution in [0.3, 0.4) is 0 Å². The van der Waals surface area contributed by atoms with E-state index in [4.69, 9.17) is 15.2 Å². The second-order valence-corrected chi connectivity index (χ2v) is 8.53. The van der Waals surface area contributed by atoms with Gasteiger partial charge in [-0.2, -0.15) is 10.5 Å². The highest BCUT2D eigenvalue weighted by Crippen LogP contribution is 2.69. The zero-order chi connectivity index (χ0) is 24.1. The van der Waals surface area contributed by atoms with Gasteiger partial charge in [0.2, 0.25) is 5.88 Å². The molecule has 0 saturated heterocycles. The van der Waals surface area contributed by atoms with Gasteiger partial charge < -0.3 is 25.4 Å². The summed E-state index contributed by atoms with van der Waals surface area (Å²) in [6.45, 7) is 0.0752. The lowest BCUT2D eigenvalue weighted by Gasteiger charge is -2.40. The molecule has 4 N–H and O–H groups in total. The number of benzene rings is 2. The first-order valence-electron chi connectivity index (χ1n) is 10.8. The number of aliphatic hydroxyl groups excluding tert-OH is 1. The first-order chi connectivity index (χ1) is 16.5. The standard InChI is InChI=1S/C26H22N4O4/c1-33-24-22-20(11-18(13-28)30-24)34-26(17-9-7-15(12-27)8-10-17)21(16-5-3-2-4-6-16)19(14-29)23(31)25(22,26)32/h2-11,19,21,23,31-32H,14,29H2,1H3. The van der Waals surface area contributed by atoms with Crippen LogP contribution in [-0.2, 0) is 11.2 Å². The highest BCUT2D eigenvalue weighted by molar-refractivity contribution is 5.60. The number of methoxy groups -OCH3 is 1. The van der Waals surface area contributed by atoms with Crippen molar-refractivity contribution in [3.05, 3.63) is 88.6 Å². The summed E-state index contributed by atoms with van der Waals surface area (Å²) < 4.78 is 12.1. The number of aromatic nitrogens is 1. The van der Waals surface area contributed by atoms with E-state index >= 15 is 0 Å². The number of nitriles is 2. The van der Waals surface area contributed by atoms with E-state index in [2.05, 4.69) is 11.1 Å². The van der Waals surface area contributed by atoms with Gasteiger partial charge in [-0.1, -0.05) is 42.5 Å². The molecule has 8 heteroatoms. The zero-order valence-electron chi connectivity index (χ0n) is 18.3. The van der Waals surface area contributed by atoms with Crippen molar-refractivity contribution in [3.63, 3.8) is 0 Å². The molecule has 3 aromatic rings. The fraction of sp³-hybridized carbons (Fsp3) is 0.269. The summed E-state index contributed by atoms with van der Waals surface area (Å²) in [5.74, 6) is -0.966. The number of fused-ring (bicyclic) bond motifs is 3. The molecule has 5 rings (SSSR count). The minimum atomic E-state index is -2.01. The normalized spacial score (nSPS) is 28.8. The van der Waals surface area contributed by atoms with Gasteiger partial charge in [-0.3, -0.25) is 0 Å². The van der Waals surface area contributed by atoms with Crippen LogP contribution in [-0.4, -0.2) is 35.0 Å². The van der Waals surface area contributed by atoms with E-state index in [0.717, 1.165) is 5.56 Å².